The fourth-order valence-electron chi connectivity index (χ4n) is 6.24. The molecule has 1 aromatic carbocycles. The number of aromatic nitrogens is 5. The van der Waals surface area contributed by atoms with Crippen molar-refractivity contribution in [2.45, 2.75) is 6.92 Å². The van der Waals surface area contributed by atoms with Crippen LogP contribution in [-0.2, 0) is 7.05 Å². The maximum atomic E-state index is 12.7. The Morgan fingerprint density at radius 2 is 1.90 bits per heavy atom. The van der Waals surface area contributed by atoms with E-state index in [-0.39, 0.29) is 5.91 Å². The first-order valence-corrected chi connectivity index (χ1v) is 13.9. The van der Waals surface area contributed by atoms with Gasteiger partial charge in [0.2, 0.25) is 0 Å². The number of nitriles is 1. The molecule has 4 aromatic heterocycles. The summed E-state index contributed by atoms with van der Waals surface area (Å²) in [5.41, 5.74) is 6.46. The number of nitrogens with one attached hydrogen (secondary N) is 1. The van der Waals surface area contributed by atoms with Crippen molar-refractivity contribution < 1.29 is 4.79 Å². The first-order chi connectivity index (χ1) is 19.9. The van der Waals surface area contributed by atoms with E-state index in [1.54, 1.807) is 21.5 Å². The smallest absolute Gasteiger partial charge is 0.253 e. The number of halogens is 1. The zero-order valence-corrected chi connectivity index (χ0v) is 23.4. The molecule has 7 rings (SSSR count). The number of hydrogen-bond acceptors (Lipinski definition) is 6. The second kappa shape index (κ2) is 9.75. The number of nitrogens with zero attached hydrogens (tertiary/aromatic N) is 7. The van der Waals surface area contributed by atoms with Gasteiger partial charge in [-0.3, -0.25) is 9.48 Å². The molecule has 2 atom stereocenters. The summed E-state index contributed by atoms with van der Waals surface area (Å²) < 4.78 is 3.52. The van der Waals surface area contributed by atoms with Gasteiger partial charge < -0.3 is 10.2 Å². The van der Waals surface area contributed by atoms with Gasteiger partial charge in [0, 0.05) is 67.5 Å². The van der Waals surface area contributed by atoms with Crippen LogP contribution in [0.2, 0.25) is 5.02 Å². The summed E-state index contributed by atoms with van der Waals surface area (Å²) in [6.07, 6.45) is 9.16. The molecular weight excluding hydrogens is 536 g/mol. The van der Waals surface area contributed by atoms with E-state index in [9.17, 15) is 10.1 Å². The van der Waals surface area contributed by atoms with E-state index in [1.807, 2.05) is 57.0 Å². The van der Waals surface area contributed by atoms with E-state index in [0.29, 0.717) is 40.4 Å². The average molecular weight is 563 g/mol. The van der Waals surface area contributed by atoms with Gasteiger partial charge >= 0.3 is 0 Å². The number of hydrogen-bond donors (Lipinski definition) is 1. The van der Waals surface area contributed by atoms with Crippen LogP contribution in [0.25, 0.3) is 27.8 Å². The van der Waals surface area contributed by atoms with Gasteiger partial charge in [0.05, 0.1) is 34.1 Å². The van der Waals surface area contributed by atoms with E-state index >= 15 is 0 Å². The standard InChI is InChI=1S/C31H27ClN8O/c1-18-4-3-5-27(32)29(18)31(41)35-13-24-25-16-39(17-26(24)25)28-7-6-19(10-34-28)23-8-20(22-12-36-38(2)14-22)15-40-30(23)21(9-33)11-37-40/h3-8,10-12,14-15,24-26H,13,16-17H2,1-2H3,(H,35,41). The van der Waals surface area contributed by atoms with Crippen molar-refractivity contribution in [3.63, 3.8) is 0 Å². The van der Waals surface area contributed by atoms with Crippen LogP contribution in [0.3, 0.4) is 0 Å². The molecule has 1 amide bonds. The summed E-state index contributed by atoms with van der Waals surface area (Å²) in [4.78, 5) is 19.9. The Hall–Kier alpha value is -4.68. The zero-order chi connectivity index (χ0) is 28.2. The van der Waals surface area contributed by atoms with Crippen LogP contribution in [0, 0.1) is 36.0 Å². The van der Waals surface area contributed by atoms with Crippen LogP contribution in [0.4, 0.5) is 5.82 Å². The summed E-state index contributed by atoms with van der Waals surface area (Å²) in [6.45, 7) is 4.41. The number of pyridine rings is 2. The van der Waals surface area contributed by atoms with Crippen molar-refractivity contribution in [1.82, 2.24) is 29.7 Å². The largest absolute Gasteiger partial charge is 0.356 e. The number of benzene rings is 1. The molecule has 9 nitrogen and oxygen atoms in total. The van der Waals surface area contributed by atoms with Gasteiger partial charge in [-0.05, 0) is 54.5 Å². The van der Waals surface area contributed by atoms with Crippen molar-refractivity contribution >= 4 is 28.8 Å². The third-order valence-electron chi connectivity index (χ3n) is 8.47. The fraction of sp³-hybridized carbons (Fsp3) is 0.258. The summed E-state index contributed by atoms with van der Waals surface area (Å²) in [5.74, 6) is 2.40. The predicted molar refractivity (Wildman–Crippen MR) is 157 cm³/mol. The topological polar surface area (TPSA) is 104 Å². The Balaban J connectivity index is 1.05. The molecule has 2 fully saturated rings. The predicted octanol–water partition coefficient (Wildman–Crippen LogP) is 4.74. The quantitative estimate of drug-likeness (QED) is 0.320. The van der Waals surface area contributed by atoms with Crippen molar-refractivity contribution in [2.75, 3.05) is 24.5 Å². The van der Waals surface area contributed by atoms with Gasteiger partial charge in [-0.2, -0.15) is 15.5 Å². The van der Waals surface area contributed by atoms with Crippen LogP contribution in [-0.4, -0.2) is 49.9 Å². The molecule has 1 N–H and O–H groups in total. The number of piperidine rings is 1. The van der Waals surface area contributed by atoms with Gasteiger partial charge in [-0.25, -0.2) is 9.50 Å². The lowest BCUT2D eigenvalue weighted by Crippen LogP contribution is -2.31. The number of aryl methyl sites for hydroxylation is 2. The lowest BCUT2D eigenvalue weighted by atomic mass is 10.0. The summed E-state index contributed by atoms with van der Waals surface area (Å²) in [5, 5.41) is 22.0. The van der Waals surface area contributed by atoms with Crippen LogP contribution >= 0.6 is 11.6 Å². The maximum absolute atomic E-state index is 12.7. The third kappa shape index (κ3) is 4.41. The molecule has 1 saturated heterocycles. The molecule has 10 heteroatoms. The van der Waals surface area contributed by atoms with Gasteiger partial charge in [-0.15, -0.1) is 0 Å². The van der Waals surface area contributed by atoms with E-state index < -0.39 is 0 Å². The highest BCUT2D eigenvalue weighted by Gasteiger charge is 2.55. The number of rotatable bonds is 6. The second-order valence-electron chi connectivity index (χ2n) is 11.0. The normalized spacial score (nSPS) is 19.3. The van der Waals surface area contributed by atoms with E-state index in [4.69, 9.17) is 16.6 Å². The number of amides is 1. The molecule has 0 bridgehead atoms. The first-order valence-electron chi connectivity index (χ1n) is 13.6. The highest BCUT2D eigenvalue weighted by atomic mass is 35.5. The number of carbonyl (C=O) groups excluding carboxylic acids is 1. The van der Waals surface area contributed by atoms with E-state index in [1.165, 1.54) is 0 Å². The summed E-state index contributed by atoms with van der Waals surface area (Å²) >= 11 is 6.27. The van der Waals surface area contributed by atoms with Crippen molar-refractivity contribution in [3.05, 3.63) is 89.1 Å². The minimum atomic E-state index is -0.105. The Morgan fingerprint density at radius 3 is 2.59 bits per heavy atom. The summed E-state index contributed by atoms with van der Waals surface area (Å²) in [7, 11) is 1.88. The van der Waals surface area contributed by atoms with Gasteiger partial charge in [0.25, 0.3) is 5.91 Å². The van der Waals surface area contributed by atoms with Crippen LogP contribution in [0.1, 0.15) is 21.5 Å². The molecule has 1 saturated carbocycles. The SMILES string of the molecule is Cc1cccc(Cl)c1C(=O)NCC1C2CN(c3ccc(-c4cc(-c5cnn(C)c5)cn5ncc(C#N)c45)cn3)CC12. The number of anilines is 1. The van der Waals surface area contributed by atoms with Gasteiger partial charge in [0.15, 0.2) is 0 Å². The maximum Gasteiger partial charge on any atom is 0.253 e. The molecule has 5 aromatic rings. The molecule has 1 aliphatic carbocycles. The first kappa shape index (κ1) is 25.3. The molecule has 2 unspecified atom stereocenters. The molecular formula is C31H27ClN8O. The Kier molecular flexibility index (Phi) is 6.02. The lowest BCUT2D eigenvalue weighted by Gasteiger charge is -2.21. The Bertz CT molecular complexity index is 1820. The number of carbonyl (C=O) groups is 1. The van der Waals surface area contributed by atoms with Crippen molar-refractivity contribution in [2.24, 2.45) is 24.8 Å². The molecule has 41 heavy (non-hydrogen) atoms. The minimum absolute atomic E-state index is 0.105. The lowest BCUT2D eigenvalue weighted by molar-refractivity contribution is 0.0950. The highest BCUT2D eigenvalue weighted by molar-refractivity contribution is 6.34. The van der Waals surface area contributed by atoms with Crippen molar-refractivity contribution in [1.29, 1.82) is 5.26 Å². The van der Waals surface area contributed by atoms with E-state index in [2.05, 4.69) is 38.6 Å². The Morgan fingerprint density at radius 1 is 1.07 bits per heavy atom. The molecule has 0 radical (unpaired) electrons. The van der Waals surface area contributed by atoms with Gasteiger partial charge in [-0.1, -0.05) is 23.7 Å². The van der Waals surface area contributed by atoms with Crippen LogP contribution in [0.15, 0.2) is 67.4 Å². The van der Waals surface area contributed by atoms with Crippen molar-refractivity contribution in [3.8, 4) is 28.3 Å². The minimum Gasteiger partial charge on any atom is -0.356 e. The van der Waals surface area contributed by atoms with Crippen LogP contribution in [0.5, 0.6) is 0 Å². The third-order valence-corrected chi connectivity index (χ3v) is 8.79. The molecule has 204 valence electrons. The van der Waals surface area contributed by atoms with Crippen LogP contribution < -0.4 is 10.2 Å². The summed E-state index contributed by atoms with van der Waals surface area (Å²) in [6, 6.07) is 14.0. The highest BCUT2D eigenvalue weighted by Crippen LogP contribution is 2.52. The number of fused-ring (bicyclic) bond motifs is 2. The molecule has 5 heterocycles. The fourth-order valence-corrected chi connectivity index (χ4v) is 6.55. The molecule has 0 spiro atoms. The monoisotopic (exact) mass is 562 g/mol. The van der Waals surface area contributed by atoms with Gasteiger partial charge in [0.1, 0.15) is 11.9 Å². The Labute approximate surface area is 242 Å². The molecule has 2 aliphatic rings. The molecule has 1 aliphatic heterocycles. The van der Waals surface area contributed by atoms with E-state index in [0.717, 1.165) is 52.2 Å². The second-order valence-corrected chi connectivity index (χ2v) is 11.4. The zero-order valence-electron chi connectivity index (χ0n) is 22.6. The average Bonchev–Trinajstić information content (AvgIpc) is 3.41.